The van der Waals surface area contributed by atoms with Gasteiger partial charge in [0.2, 0.25) is 5.91 Å². The Morgan fingerprint density at radius 2 is 2.18 bits per heavy atom. The lowest BCUT2D eigenvalue weighted by atomic mass is 9.73. The monoisotopic (exact) mass is 239 g/mol. The predicted molar refractivity (Wildman–Crippen MR) is 68.6 cm³/mol. The van der Waals surface area contributed by atoms with Crippen LogP contribution in [0.15, 0.2) is 0 Å². The van der Waals surface area contributed by atoms with Crippen LogP contribution in [0.2, 0.25) is 0 Å². The van der Waals surface area contributed by atoms with E-state index in [0.29, 0.717) is 5.92 Å². The molecule has 4 nitrogen and oxygen atoms in total. The van der Waals surface area contributed by atoms with Crippen LogP contribution in [-0.2, 0) is 4.79 Å². The van der Waals surface area contributed by atoms with E-state index in [2.05, 4.69) is 17.1 Å². The van der Waals surface area contributed by atoms with E-state index < -0.39 is 0 Å². The summed E-state index contributed by atoms with van der Waals surface area (Å²) in [5.41, 5.74) is 5.40. The van der Waals surface area contributed by atoms with E-state index in [1.165, 1.54) is 12.8 Å². The van der Waals surface area contributed by atoms with Gasteiger partial charge in [-0.15, -0.1) is 0 Å². The molecule has 2 unspecified atom stereocenters. The zero-order valence-electron chi connectivity index (χ0n) is 10.9. The van der Waals surface area contributed by atoms with Crippen LogP contribution < -0.4 is 11.1 Å². The Morgan fingerprint density at radius 3 is 2.76 bits per heavy atom. The van der Waals surface area contributed by atoms with Crippen molar-refractivity contribution in [2.75, 3.05) is 26.2 Å². The van der Waals surface area contributed by atoms with Gasteiger partial charge in [0.1, 0.15) is 5.54 Å². The second-order valence-electron chi connectivity index (χ2n) is 5.50. The highest BCUT2D eigenvalue weighted by atomic mass is 16.1. The largest absolute Gasteiger partial charge is 0.368 e. The number of nitrogens with one attached hydrogen (secondary N) is 1. The number of nitrogens with zero attached hydrogens (tertiary/aromatic N) is 1. The number of rotatable bonds is 3. The molecule has 98 valence electrons. The van der Waals surface area contributed by atoms with E-state index in [1.54, 1.807) is 0 Å². The summed E-state index contributed by atoms with van der Waals surface area (Å²) < 4.78 is 0. The van der Waals surface area contributed by atoms with Gasteiger partial charge >= 0.3 is 0 Å². The van der Waals surface area contributed by atoms with Crippen molar-refractivity contribution in [2.45, 2.75) is 44.6 Å². The van der Waals surface area contributed by atoms with E-state index >= 15 is 0 Å². The maximum absolute atomic E-state index is 12.0. The van der Waals surface area contributed by atoms with Crippen LogP contribution in [0, 0.1) is 5.92 Å². The van der Waals surface area contributed by atoms with Crippen LogP contribution in [0.25, 0.3) is 0 Å². The fourth-order valence-corrected chi connectivity index (χ4v) is 3.47. The van der Waals surface area contributed by atoms with E-state index in [1.807, 2.05) is 0 Å². The van der Waals surface area contributed by atoms with Gasteiger partial charge in [0.15, 0.2) is 0 Å². The fraction of sp³-hybridized carbons (Fsp3) is 0.923. The van der Waals surface area contributed by atoms with Gasteiger partial charge in [-0.2, -0.15) is 0 Å². The normalized spacial score (nSPS) is 35.7. The Morgan fingerprint density at radius 1 is 1.47 bits per heavy atom. The van der Waals surface area contributed by atoms with E-state index in [0.717, 1.165) is 45.4 Å². The molecule has 2 atom stereocenters. The number of carbonyl (C=O) groups is 1. The molecule has 0 aromatic heterocycles. The summed E-state index contributed by atoms with van der Waals surface area (Å²) in [5, 5.41) is 3.34. The highest BCUT2D eigenvalue weighted by molar-refractivity contribution is 5.84. The number of primary amides is 1. The lowest BCUT2D eigenvalue weighted by molar-refractivity contribution is -0.134. The number of carbonyl (C=O) groups excluding carboxylic acids is 1. The second-order valence-corrected chi connectivity index (χ2v) is 5.50. The number of amides is 1. The van der Waals surface area contributed by atoms with Crippen molar-refractivity contribution < 1.29 is 4.79 Å². The topological polar surface area (TPSA) is 58.4 Å². The first-order chi connectivity index (χ1) is 8.19. The second kappa shape index (κ2) is 5.36. The number of nitrogens with two attached hydrogens (primary N) is 1. The SMILES string of the molecule is CCC1CCCC(C(N)=O)(N2CCNCC2)C1. The van der Waals surface area contributed by atoms with Gasteiger partial charge in [-0.3, -0.25) is 9.69 Å². The van der Waals surface area contributed by atoms with Crippen LogP contribution >= 0.6 is 0 Å². The minimum absolute atomic E-state index is 0.0995. The minimum Gasteiger partial charge on any atom is -0.368 e. The molecular formula is C13H25N3O. The summed E-state index contributed by atoms with van der Waals surface area (Å²) in [7, 11) is 0. The molecule has 1 aliphatic heterocycles. The molecule has 0 aromatic rings. The van der Waals surface area contributed by atoms with Gasteiger partial charge < -0.3 is 11.1 Å². The molecule has 0 bridgehead atoms. The zero-order valence-corrected chi connectivity index (χ0v) is 10.9. The summed E-state index contributed by atoms with van der Waals surface area (Å²) in [4.78, 5) is 14.3. The summed E-state index contributed by atoms with van der Waals surface area (Å²) in [6.07, 6.45) is 5.50. The van der Waals surface area contributed by atoms with E-state index in [4.69, 9.17) is 5.73 Å². The van der Waals surface area contributed by atoms with Gasteiger partial charge in [-0.25, -0.2) is 0 Å². The molecule has 1 saturated heterocycles. The van der Waals surface area contributed by atoms with Crippen LogP contribution in [-0.4, -0.2) is 42.5 Å². The van der Waals surface area contributed by atoms with Crippen molar-refractivity contribution in [3.8, 4) is 0 Å². The Hall–Kier alpha value is -0.610. The van der Waals surface area contributed by atoms with E-state index in [-0.39, 0.29) is 11.4 Å². The van der Waals surface area contributed by atoms with Crippen LogP contribution in [0.3, 0.4) is 0 Å². The molecule has 1 amide bonds. The zero-order chi connectivity index (χ0) is 12.3. The molecule has 1 saturated carbocycles. The third-order valence-corrected chi connectivity index (χ3v) is 4.59. The van der Waals surface area contributed by atoms with Crippen molar-refractivity contribution >= 4 is 5.91 Å². The molecule has 2 rings (SSSR count). The lowest BCUT2D eigenvalue weighted by Gasteiger charge is -2.48. The smallest absolute Gasteiger partial charge is 0.237 e. The predicted octanol–water partition coefficient (Wildman–Crippen LogP) is 0.716. The fourth-order valence-electron chi connectivity index (χ4n) is 3.47. The first-order valence-electron chi connectivity index (χ1n) is 6.94. The molecule has 2 fully saturated rings. The molecule has 1 heterocycles. The molecule has 1 aliphatic carbocycles. The standard InChI is InChI=1S/C13H25N3O/c1-2-11-4-3-5-13(10-11,12(14)17)16-8-6-15-7-9-16/h11,15H,2-10H2,1H3,(H2,14,17). The van der Waals surface area contributed by atoms with Crippen molar-refractivity contribution in [1.29, 1.82) is 0 Å². The maximum atomic E-state index is 12.0. The van der Waals surface area contributed by atoms with Gasteiger partial charge in [-0.1, -0.05) is 26.2 Å². The van der Waals surface area contributed by atoms with Crippen molar-refractivity contribution in [2.24, 2.45) is 11.7 Å². The number of piperazine rings is 1. The lowest BCUT2D eigenvalue weighted by Crippen LogP contribution is -2.63. The minimum atomic E-state index is -0.346. The molecule has 0 spiro atoms. The summed E-state index contributed by atoms with van der Waals surface area (Å²) in [6.45, 7) is 6.09. The molecular weight excluding hydrogens is 214 g/mol. The van der Waals surface area contributed by atoms with Gasteiger partial charge in [0, 0.05) is 26.2 Å². The van der Waals surface area contributed by atoms with Crippen LogP contribution in [0.4, 0.5) is 0 Å². The summed E-state index contributed by atoms with van der Waals surface area (Å²) >= 11 is 0. The Bertz CT molecular complexity index is 276. The highest BCUT2D eigenvalue weighted by Gasteiger charge is 2.45. The molecule has 2 aliphatic rings. The molecule has 4 heteroatoms. The van der Waals surface area contributed by atoms with Crippen molar-refractivity contribution in [1.82, 2.24) is 10.2 Å². The highest BCUT2D eigenvalue weighted by Crippen LogP contribution is 2.38. The molecule has 0 aromatic carbocycles. The summed E-state index contributed by atoms with van der Waals surface area (Å²) in [5.74, 6) is 0.573. The Kier molecular flexibility index (Phi) is 4.05. The number of hydrogen-bond acceptors (Lipinski definition) is 3. The molecule has 3 N–H and O–H groups in total. The van der Waals surface area contributed by atoms with Gasteiger partial charge in [0.25, 0.3) is 0 Å². The summed E-state index contributed by atoms with van der Waals surface area (Å²) in [6, 6.07) is 0. The van der Waals surface area contributed by atoms with Gasteiger partial charge in [0.05, 0.1) is 0 Å². The third kappa shape index (κ3) is 2.47. The van der Waals surface area contributed by atoms with Crippen molar-refractivity contribution in [3.63, 3.8) is 0 Å². The van der Waals surface area contributed by atoms with E-state index in [9.17, 15) is 4.79 Å². The maximum Gasteiger partial charge on any atom is 0.237 e. The first-order valence-corrected chi connectivity index (χ1v) is 6.94. The van der Waals surface area contributed by atoms with Gasteiger partial charge in [-0.05, 0) is 18.8 Å². The quantitative estimate of drug-likeness (QED) is 0.763. The average molecular weight is 239 g/mol. The van der Waals surface area contributed by atoms with Crippen molar-refractivity contribution in [3.05, 3.63) is 0 Å². The first kappa shape index (κ1) is 12.8. The van der Waals surface area contributed by atoms with Crippen LogP contribution in [0.1, 0.15) is 39.0 Å². The number of hydrogen-bond donors (Lipinski definition) is 2. The molecule has 0 radical (unpaired) electrons. The average Bonchev–Trinajstić information content (AvgIpc) is 2.39. The molecule has 17 heavy (non-hydrogen) atoms. The Balaban J connectivity index is 2.15. The van der Waals surface area contributed by atoms with Crippen LogP contribution in [0.5, 0.6) is 0 Å². The third-order valence-electron chi connectivity index (χ3n) is 4.59. The Labute approximate surface area is 104 Å².